The minimum Gasteiger partial charge on any atom is -0.497 e. The van der Waals surface area contributed by atoms with Crippen LogP contribution in [0.4, 0.5) is 10.5 Å². The highest BCUT2D eigenvalue weighted by molar-refractivity contribution is 6.33. The molecule has 0 unspecified atom stereocenters. The number of hydrazine groups is 1. The van der Waals surface area contributed by atoms with Crippen LogP contribution in [0.25, 0.3) is 0 Å². The topological polar surface area (TPSA) is 99.8 Å². The van der Waals surface area contributed by atoms with Crippen molar-refractivity contribution in [1.82, 2.24) is 15.8 Å². The molecular weight excluding hydrogens is 360 g/mol. The fourth-order valence-electron chi connectivity index (χ4n) is 3.32. The third kappa shape index (κ3) is 3.55. The number of carbonyl (C=O) groups excluding carboxylic acids is 3. The number of carbonyl (C=O) groups is 3. The minimum absolute atomic E-state index is 0.156. The van der Waals surface area contributed by atoms with Crippen LogP contribution in [0.1, 0.15) is 32.1 Å². The quantitative estimate of drug-likeness (QED) is 0.679. The molecule has 26 heavy (non-hydrogen) atoms. The van der Waals surface area contributed by atoms with Gasteiger partial charge in [-0.3, -0.25) is 15.0 Å². The van der Waals surface area contributed by atoms with E-state index in [-0.39, 0.29) is 6.54 Å². The van der Waals surface area contributed by atoms with E-state index >= 15 is 0 Å². The number of hydrogen-bond donors (Lipinski definition) is 3. The number of halogens is 1. The van der Waals surface area contributed by atoms with Gasteiger partial charge in [0.25, 0.3) is 11.8 Å². The van der Waals surface area contributed by atoms with Crippen molar-refractivity contribution < 1.29 is 19.1 Å². The standard InChI is InChI=1S/C17H21ClN4O4/c1-26-11-5-6-12(18)13(9-11)19-10-14(23)21-22-15(24)17(20-16(22)25)7-3-2-4-8-17/h5-6,9,19H,2-4,7-8,10H2,1H3,(H,20,25)(H,21,23). The maximum absolute atomic E-state index is 12.6. The molecule has 1 saturated carbocycles. The summed E-state index contributed by atoms with van der Waals surface area (Å²) in [5.74, 6) is -0.333. The van der Waals surface area contributed by atoms with Crippen LogP contribution in [-0.4, -0.2) is 42.0 Å². The third-order valence-electron chi connectivity index (χ3n) is 4.72. The van der Waals surface area contributed by atoms with Crippen molar-refractivity contribution in [2.45, 2.75) is 37.6 Å². The Morgan fingerprint density at radius 1 is 1.31 bits per heavy atom. The van der Waals surface area contributed by atoms with Crippen LogP contribution in [0.3, 0.4) is 0 Å². The molecule has 1 aliphatic heterocycles. The zero-order valence-electron chi connectivity index (χ0n) is 14.4. The molecule has 1 saturated heterocycles. The van der Waals surface area contributed by atoms with Crippen molar-refractivity contribution in [2.75, 3.05) is 19.0 Å². The van der Waals surface area contributed by atoms with E-state index < -0.39 is 23.4 Å². The van der Waals surface area contributed by atoms with Gasteiger partial charge in [-0.15, -0.1) is 0 Å². The Labute approximate surface area is 156 Å². The van der Waals surface area contributed by atoms with Gasteiger partial charge in [-0.25, -0.2) is 4.79 Å². The number of rotatable bonds is 5. The second-order valence-corrected chi connectivity index (χ2v) is 6.85. The Balaban J connectivity index is 1.60. The van der Waals surface area contributed by atoms with Crippen LogP contribution in [0.5, 0.6) is 5.75 Å². The van der Waals surface area contributed by atoms with E-state index in [0.29, 0.717) is 29.3 Å². The number of imide groups is 1. The number of amides is 4. The summed E-state index contributed by atoms with van der Waals surface area (Å²) in [5.41, 5.74) is 2.01. The van der Waals surface area contributed by atoms with Crippen molar-refractivity contribution in [3.63, 3.8) is 0 Å². The monoisotopic (exact) mass is 380 g/mol. The zero-order valence-corrected chi connectivity index (χ0v) is 15.2. The Kier molecular flexibility index (Phi) is 5.22. The molecule has 1 spiro atoms. The molecule has 3 rings (SSSR count). The molecule has 9 heteroatoms. The SMILES string of the molecule is COc1ccc(Cl)c(NCC(=O)NN2C(=O)NC3(CCCCC3)C2=O)c1. The van der Waals surface area contributed by atoms with Crippen molar-refractivity contribution in [2.24, 2.45) is 0 Å². The summed E-state index contributed by atoms with van der Waals surface area (Å²) in [7, 11) is 1.53. The first-order valence-electron chi connectivity index (χ1n) is 8.49. The van der Waals surface area contributed by atoms with Crippen LogP contribution in [0.15, 0.2) is 18.2 Å². The zero-order chi connectivity index (χ0) is 18.7. The number of anilines is 1. The first-order valence-corrected chi connectivity index (χ1v) is 8.86. The molecule has 1 aliphatic carbocycles. The van der Waals surface area contributed by atoms with E-state index in [1.807, 2.05) is 0 Å². The number of nitrogens with zero attached hydrogens (tertiary/aromatic N) is 1. The van der Waals surface area contributed by atoms with Crippen molar-refractivity contribution in [1.29, 1.82) is 0 Å². The largest absolute Gasteiger partial charge is 0.497 e. The van der Waals surface area contributed by atoms with E-state index in [2.05, 4.69) is 16.1 Å². The van der Waals surface area contributed by atoms with E-state index in [4.69, 9.17) is 16.3 Å². The predicted molar refractivity (Wildman–Crippen MR) is 95.8 cm³/mol. The van der Waals surface area contributed by atoms with Gasteiger partial charge in [0, 0.05) is 6.07 Å². The molecule has 1 aromatic carbocycles. The highest BCUT2D eigenvalue weighted by Crippen LogP contribution is 2.33. The molecule has 1 aromatic rings. The molecule has 1 heterocycles. The molecule has 0 aromatic heterocycles. The molecule has 0 atom stereocenters. The molecule has 140 valence electrons. The smallest absolute Gasteiger partial charge is 0.344 e. The molecule has 0 radical (unpaired) electrons. The average molecular weight is 381 g/mol. The molecule has 3 N–H and O–H groups in total. The number of hydrogen-bond acceptors (Lipinski definition) is 5. The summed E-state index contributed by atoms with van der Waals surface area (Å²) >= 11 is 6.07. The lowest BCUT2D eigenvalue weighted by Crippen LogP contribution is -2.51. The average Bonchev–Trinajstić information content (AvgIpc) is 2.85. The van der Waals surface area contributed by atoms with Crippen molar-refractivity contribution >= 4 is 35.1 Å². The fourth-order valence-corrected chi connectivity index (χ4v) is 3.51. The van der Waals surface area contributed by atoms with Gasteiger partial charge in [-0.2, -0.15) is 5.01 Å². The van der Waals surface area contributed by atoms with E-state index in [0.717, 1.165) is 24.3 Å². The van der Waals surface area contributed by atoms with Crippen LogP contribution in [-0.2, 0) is 9.59 Å². The highest BCUT2D eigenvalue weighted by atomic mass is 35.5. The number of ether oxygens (including phenoxy) is 1. The molecule has 8 nitrogen and oxygen atoms in total. The Bertz CT molecular complexity index is 733. The van der Waals surface area contributed by atoms with Gasteiger partial charge >= 0.3 is 6.03 Å². The van der Waals surface area contributed by atoms with E-state index in [1.165, 1.54) is 7.11 Å². The van der Waals surface area contributed by atoms with Gasteiger partial charge in [0.05, 0.1) is 24.4 Å². The third-order valence-corrected chi connectivity index (χ3v) is 5.05. The first-order chi connectivity index (χ1) is 12.4. The lowest BCUT2D eigenvalue weighted by atomic mass is 9.82. The van der Waals surface area contributed by atoms with Crippen LogP contribution in [0.2, 0.25) is 5.02 Å². The van der Waals surface area contributed by atoms with Crippen LogP contribution >= 0.6 is 11.6 Å². The summed E-state index contributed by atoms with van der Waals surface area (Å²) < 4.78 is 5.11. The maximum Gasteiger partial charge on any atom is 0.344 e. The van der Waals surface area contributed by atoms with Gasteiger partial charge in [-0.1, -0.05) is 30.9 Å². The molecule has 2 aliphatic rings. The highest BCUT2D eigenvalue weighted by Gasteiger charge is 2.52. The maximum atomic E-state index is 12.6. The molecule has 0 bridgehead atoms. The number of urea groups is 1. The lowest BCUT2D eigenvalue weighted by molar-refractivity contribution is -0.139. The molecule has 2 fully saturated rings. The normalized spacial score (nSPS) is 18.6. The van der Waals surface area contributed by atoms with Gasteiger partial charge in [0.2, 0.25) is 0 Å². The lowest BCUT2D eigenvalue weighted by Gasteiger charge is -2.30. The number of benzene rings is 1. The second-order valence-electron chi connectivity index (χ2n) is 6.45. The van der Waals surface area contributed by atoms with E-state index in [1.54, 1.807) is 18.2 Å². The van der Waals surface area contributed by atoms with Gasteiger partial charge < -0.3 is 15.4 Å². The van der Waals surface area contributed by atoms with Crippen molar-refractivity contribution in [3.05, 3.63) is 23.2 Å². The summed E-state index contributed by atoms with van der Waals surface area (Å²) in [6.45, 7) is -0.156. The van der Waals surface area contributed by atoms with Crippen LogP contribution < -0.4 is 20.8 Å². The van der Waals surface area contributed by atoms with Crippen molar-refractivity contribution in [3.8, 4) is 5.75 Å². The number of methoxy groups -OCH3 is 1. The summed E-state index contributed by atoms with van der Waals surface area (Å²) in [5, 5.41) is 6.81. The fraction of sp³-hybridized carbons (Fsp3) is 0.471. The Morgan fingerprint density at radius 3 is 2.73 bits per heavy atom. The Morgan fingerprint density at radius 2 is 2.04 bits per heavy atom. The summed E-state index contributed by atoms with van der Waals surface area (Å²) in [4.78, 5) is 36.9. The van der Waals surface area contributed by atoms with E-state index in [9.17, 15) is 14.4 Å². The summed E-state index contributed by atoms with van der Waals surface area (Å²) in [6.07, 6.45) is 4.00. The molecule has 4 amide bonds. The second kappa shape index (κ2) is 7.41. The first kappa shape index (κ1) is 18.3. The van der Waals surface area contributed by atoms with Crippen LogP contribution in [0, 0.1) is 0 Å². The van der Waals surface area contributed by atoms with Gasteiger partial charge in [0.1, 0.15) is 11.3 Å². The summed E-state index contributed by atoms with van der Waals surface area (Å²) in [6, 6.07) is 4.40. The van der Waals surface area contributed by atoms with Gasteiger partial charge in [-0.05, 0) is 25.0 Å². The number of nitrogens with one attached hydrogen (secondary N) is 3. The predicted octanol–water partition coefficient (Wildman–Crippen LogP) is 2.05. The Hall–Kier alpha value is -2.48. The molecular formula is C17H21ClN4O4. The minimum atomic E-state index is -0.869. The van der Waals surface area contributed by atoms with Gasteiger partial charge in [0.15, 0.2) is 0 Å².